The third-order valence-corrected chi connectivity index (χ3v) is 7.63. The number of piperidine rings is 1. The van der Waals surface area contributed by atoms with E-state index in [9.17, 15) is 4.79 Å². The van der Waals surface area contributed by atoms with E-state index in [1.54, 1.807) is 33.0 Å². The van der Waals surface area contributed by atoms with Crippen LogP contribution < -0.4 is 4.74 Å². The Morgan fingerprint density at radius 3 is 2.79 bits per heavy atom. The summed E-state index contributed by atoms with van der Waals surface area (Å²) in [6, 6.07) is 6.28. The van der Waals surface area contributed by atoms with Gasteiger partial charge in [0, 0.05) is 35.3 Å². The van der Waals surface area contributed by atoms with Gasteiger partial charge in [-0.25, -0.2) is 4.79 Å². The molecule has 1 N–H and O–H groups in total. The van der Waals surface area contributed by atoms with Crippen LogP contribution in [0.5, 0.6) is 5.75 Å². The second kappa shape index (κ2) is 9.22. The molecule has 2 aliphatic heterocycles. The Kier molecular flexibility index (Phi) is 6.13. The number of nitrogens with one attached hydrogen (secondary N) is 1. The van der Waals surface area contributed by atoms with Crippen LogP contribution in [-0.2, 0) is 20.7 Å². The molecule has 3 atom stereocenters. The van der Waals surface area contributed by atoms with E-state index >= 15 is 0 Å². The van der Waals surface area contributed by atoms with Crippen LogP contribution in [0, 0.1) is 11.8 Å². The first-order valence-electron chi connectivity index (χ1n) is 11.9. The molecule has 0 amide bonds. The van der Waals surface area contributed by atoms with E-state index in [1.165, 1.54) is 18.4 Å². The minimum atomic E-state index is -0.310. The number of carbonyl (C=O) groups excluding carboxylic acids is 1. The van der Waals surface area contributed by atoms with Crippen LogP contribution in [0.15, 0.2) is 47.0 Å². The summed E-state index contributed by atoms with van der Waals surface area (Å²) >= 11 is 0. The first-order valence-corrected chi connectivity index (χ1v) is 11.9. The molecule has 0 aliphatic carbocycles. The van der Waals surface area contributed by atoms with Gasteiger partial charge in [-0.05, 0) is 48.4 Å². The van der Waals surface area contributed by atoms with Crippen molar-refractivity contribution in [2.45, 2.75) is 32.2 Å². The fraction of sp³-hybridized carbons (Fsp3) is 0.444. The SMILES string of the molecule is CC[C@@H]1CN2CCc3c([nH]c4c(-c5ccoc5)ccc(OC)c34)C2C[C@@H]1/C(=C\OC)C(=O)OC. The van der Waals surface area contributed by atoms with Crippen LogP contribution in [0.25, 0.3) is 22.0 Å². The number of rotatable bonds is 6. The van der Waals surface area contributed by atoms with Crippen molar-refractivity contribution in [2.75, 3.05) is 34.4 Å². The van der Waals surface area contributed by atoms with E-state index < -0.39 is 0 Å². The van der Waals surface area contributed by atoms with E-state index in [-0.39, 0.29) is 17.9 Å². The van der Waals surface area contributed by atoms with Crippen molar-refractivity contribution in [3.05, 3.63) is 53.8 Å². The average Bonchev–Trinajstić information content (AvgIpc) is 3.54. The molecule has 7 heteroatoms. The highest BCUT2D eigenvalue weighted by Crippen LogP contribution is 2.48. The zero-order valence-electron chi connectivity index (χ0n) is 20.2. The molecule has 34 heavy (non-hydrogen) atoms. The van der Waals surface area contributed by atoms with Gasteiger partial charge in [-0.15, -0.1) is 0 Å². The summed E-state index contributed by atoms with van der Waals surface area (Å²) in [6.45, 7) is 4.11. The summed E-state index contributed by atoms with van der Waals surface area (Å²) in [6.07, 6.45) is 7.81. The Morgan fingerprint density at radius 1 is 1.26 bits per heavy atom. The molecule has 2 aromatic heterocycles. The van der Waals surface area contributed by atoms with Crippen LogP contribution in [0.2, 0.25) is 0 Å². The van der Waals surface area contributed by atoms with Crippen LogP contribution in [-0.4, -0.2) is 50.3 Å². The minimum absolute atomic E-state index is 0.0613. The Bertz CT molecular complexity index is 1210. The van der Waals surface area contributed by atoms with Crippen molar-refractivity contribution < 1.29 is 23.4 Å². The van der Waals surface area contributed by atoms with E-state index in [1.807, 2.05) is 12.1 Å². The molecule has 0 spiro atoms. The molecular weight excluding hydrogens is 432 g/mol. The predicted molar refractivity (Wildman–Crippen MR) is 130 cm³/mol. The summed E-state index contributed by atoms with van der Waals surface area (Å²) < 4.78 is 21.6. The highest BCUT2D eigenvalue weighted by atomic mass is 16.5. The fourth-order valence-electron chi connectivity index (χ4n) is 6.00. The normalized spacial score (nSPS) is 22.8. The number of aromatic amines is 1. The fourth-order valence-corrected chi connectivity index (χ4v) is 6.00. The number of H-pyrrole nitrogens is 1. The molecule has 7 nitrogen and oxygen atoms in total. The van der Waals surface area contributed by atoms with Crippen molar-refractivity contribution in [3.8, 4) is 16.9 Å². The molecule has 180 valence electrons. The van der Waals surface area contributed by atoms with Gasteiger partial charge in [0.1, 0.15) is 5.75 Å². The lowest BCUT2D eigenvalue weighted by Crippen LogP contribution is -2.47. The topological polar surface area (TPSA) is 76.9 Å². The van der Waals surface area contributed by atoms with Crippen molar-refractivity contribution in [2.24, 2.45) is 11.8 Å². The molecule has 4 heterocycles. The minimum Gasteiger partial charge on any atom is -0.504 e. The summed E-state index contributed by atoms with van der Waals surface area (Å²) in [5, 5.41) is 1.14. The monoisotopic (exact) mass is 464 g/mol. The molecule has 1 saturated heterocycles. The number of esters is 1. The first-order chi connectivity index (χ1) is 16.6. The number of hydrogen-bond acceptors (Lipinski definition) is 6. The van der Waals surface area contributed by atoms with Crippen molar-refractivity contribution in [3.63, 3.8) is 0 Å². The van der Waals surface area contributed by atoms with Crippen molar-refractivity contribution in [1.29, 1.82) is 0 Å². The first kappa shape index (κ1) is 22.6. The maximum atomic E-state index is 12.7. The number of furan rings is 1. The molecule has 3 aromatic rings. The Hall–Kier alpha value is -3.19. The second-order valence-corrected chi connectivity index (χ2v) is 9.17. The van der Waals surface area contributed by atoms with Crippen molar-refractivity contribution in [1.82, 2.24) is 9.88 Å². The van der Waals surface area contributed by atoms with Crippen LogP contribution in [0.1, 0.15) is 37.1 Å². The molecule has 0 saturated carbocycles. The number of fused-ring (bicyclic) bond motifs is 5. The summed E-state index contributed by atoms with van der Waals surface area (Å²) in [5.41, 5.74) is 6.35. The third kappa shape index (κ3) is 3.59. The molecule has 2 aliphatic rings. The maximum absolute atomic E-state index is 12.7. The zero-order valence-corrected chi connectivity index (χ0v) is 20.2. The smallest absolute Gasteiger partial charge is 0.337 e. The third-order valence-electron chi connectivity index (χ3n) is 7.63. The summed E-state index contributed by atoms with van der Waals surface area (Å²) in [4.78, 5) is 19.0. The van der Waals surface area contributed by atoms with Gasteiger partial charge >= 0.3 is 5.97 Å². The predicted octanol–water partition coefficient (Wildman–Crippen LogP) is 5.09. The molecule has 0 bridgehead atoms. The quantitative estimate of drug-likeness (QED) is 0.311. The number of aromatic nitrogens is 1. The van der Waals surface area contributed by atoms with Crippen LogP contribution in [0.4, 0.5) is 0 Å². The molecule has 1 fully saturated rings. The van der Waals surface area contributed by atoms with Gasteiger partial charge in [-0.2, -0.15) is 0 Å². The van der Waals surface area contributed by atoms with Crippen LogP contribution >= 0.6 is 0 Å². The van der Waals surface area contributed by atoms with Gasteiger partial charge in [0.15, 0.2) is 0 Å². The molecule has 0 radical (unpaired) electrons. The second-order valence-electron chi connectivity index (χ2n) is 9.17. The highest BCUT2D eigenvalue weighted by Gasteiger charge is 2.43. The average molecular weight is 465 g/mol. The van der Waals surface area contributed by atoms with E-state index in [0.717, 1.165) is 60.1 Å². The Morgan fingerprint density at radius 2 is 2.12 bits per heavy atom. The lowest BCUT2D eigenvalue weighted by atomic mass is 9.74. The van der Waals surface area contributed by atoms with Gasteiger partial charge < -0.3 is 23.6 Å². The van der Waals surface area contributed by atoms with E-state index in [2.05, 4.69) is 22.9 Å². The van der Waals surface area contributed by atoms with Gasteiger partial charge in [-0.1, -0.05) is 13.3 Å². The van der Waals surface area contributed by atoms with E-state index in [4.69, 9.17) is 18.6 Å². The number of methoxy groups -OCH3 is 3. The lowest BCUT2D eigenvalue weighted by Gasteiger charge is -2.46. The Balaban J connectivity index is 1.62. The standard InChI is InChI=1S/C27H32N2O5/c1-5-16-13-29-10-8-19-24-23(32-3)7-6-18(17-9-11-34-14-17)26(24)28-25(19)22(29)12-20(16)21(15-31-2)27(30)33-4/h6-7,9,11,14-16,20,22,28H,5,8,10,12-13H2,1-4H3/b21-15+/t16-,20+,22?/m1/s1. The maximum Gasteiger partial charge on any atom is 0.337 e. The van der Waals surface area contributed by atoms with Crippen LogP contribution in [0.3, 0.4) is 0 Å². The molecule has 1 aromatic carbocycles. The number of carbonyl (C=O) groups is 1. The van der Waals surface area contributed by atoms with Gasteiger partial charge in [-0.3, -0.25) is 4.90 Å². The number of nitrogens with zero attached hydrogens (tertiary/aromatic N) is 1. The zero-order chi connectivity index (χ0) is 23.8. The highest BCUT2D eigenvalue weighted by molar-refractivity contribution is 6.01. The van der Waals surface area contributed by atoms with Crippen molar-refractivity contribution >= 4 is 16.9 Å². The van der Waals surface area contributed by atoms with Gasteiger partial charge in [0.05, 0.1) is 57.2 Å². The molecule has 5 rings (SSSR count). The number of hydrogen-bond donors (Lipinski definition) is 1. The Labute approximate surface area is 199 Å². The summed E-state index contributed by atoms with van der Waals surface area (Å²) in [7, 11) is 4.74. The largest absolute Gasteiger partial charge is 0.504 e. The van der Waals surface area contributed by atoms with E-state index in [0.29, 0.717) is 11.5 Å². The molecular formula is C27H32N2O5. The number of benzene rings is 1. The number of ether oxygens (including phenoxy) is 3. The molecule has 1 unspecified atom stereocenters. The summed E-state index contributed by atoms with van der Waals surface area (Å²) in [5.74, 6) is 0.988. The lowest BCUT2D eigenvalue weighted by molar-refractivity contribution is -0.137. The van der Waals surface area contributed by atoms with Gasteiger partial charge in [0.2, 0.25) is 0 Å². The van der Waals surface area contributed by atoms with Gasteiger partial charge in [0.25, 0.3) is 0 Å².